The predicted molar refractivity (Wildman–Crippen MR) is 101 cm³/mol. The van der Waals surface area contributed by atoms with Gasteiger partial charge in [-0.3, -0.25) is 15.0 Å². The Labute approximate surface area is 167 Å². The number of hydrogen-bond acceptors (Lipinski definition) is 6. The molecule has 29 heavy (non-hydrogen) atoms. The summed E-state index contributed by atoms with van der Waals surface area (Å²) in [6, 6.07) is 2.02. The van der Waals surface area contributed by atoms with Gasteiger partial charge in [0.2, 0.25) is 0 Å². The second-order valence-corrected chi connectivity index (χ2v) is 7.51. The highest BCUT2D eigenvalue weighted by atomic mass is 32.1. The predicted octanol–water partition coefficient (Wildman–Crippen LogP) is 2.85. The summed E-state index contributed by atoms with van der Waals surface area (Å²) in [6.45, 7) is 2.20. The number of nitrogens with zero attached hydrogens (tertiary/aromatic N) is 4. The average molecular weight is 426 g/mol. The summed E-state index contributed by atoms with van der Waals surface area (Å²) in [4.78, 5) is 32.9. The fourth-order valence-corrected chi connectivity index (χ4v) is 3.87. The van der Waals surface area contributed by atoms with Crippen LogP contribution in [0.15, 0.2) is 23.6 Å². The fraction of sp³-hybridized carbons (Fsp3) is 0.412. The molecule has 0 spiro atoms. The van der Waals surface area contributed by atoms with Gasteiger partial charge in [-0.25, -0.2) is 9.78 Å². The molecule has 12 heteroatoms. The Kier molecular flexibility index (Phi) is 4.81. The minimum Gasteiger partial charge on any atom is -0.366 e. The number of hydrogen-bond donors (Lipinski definition) is 2. The van der Waals surface area contributed by atoms with Crippen LogP contribution in [0.4, 0.5) is 35.3 Å². The van der Waals surface area contributed by atoms with Crippen molar-refractivity contribution in [2.24, 2.45) is 0 Å². The van der Waals surface area contributed by atoms with Gasteiger partial charge in [0.15, 0.2) is 5.82 Å². The lowest BCUT2D eigenvalue weighted by molar-refractivity contribution is -0.149. The molecule has 2 aliphatic heterocycles. The van der Waals surface area contributed by atoms with Gasteiger partial charge in [0.25, 0.3) is 5.91 Å². The SMILES string of the molecule is CC(NC(=O)c1ccc2c(n1)N(C(=O)Nc1ccsn1)[C@H]1CCN2C1)C(F)(F)F. The first-order chi connectivity index (χ1) is 13.7. The zero-order valence-electron chi connectivity index (χ0n) is 15.2. The van der Waals surface area contributed by atoms with Gasteiger partial charge < -0.3 is 10.2 Å². The van der Waals surface area contributed by atoms with Gasteiger partial charge in [-0.2, -0.15) is 17.5 Å². The Morgan fingerprint density at radius 2 is 2.10 bits per heavy atom. The van der Waals surface area contributed by atoms with Crippen LogP contribution in [0.2, 0.25) is 0 Å². The van der Waals surface area contributed by atoms with Crippen LogP contribution in [0.25, 0.3) is 0 Å². The quantitative estimate of drug-likeness (QED) is 0.788. The van der Waals surface area contributed by atoms with E-state index in [1.165, 1.54) is 22.5 Å². The van der Waals surface area contributed by atoms with Gasteiger partial charge in [-0.1, -0.05) is 0 Å². The molecule has 4 heterocycles. The molecule has 2 bridgehead atoms. The van der Waals surface area contributed by atoms with E-state index < -0.39 is 24.2 Å². The maximum absolute atomic E-state index is 12.9. The molecule has 0 aliphatic carbocycles. The fourth-order valence-electron chi connectivity index (χ4n) is 3.40. The number of amides is 3. The third kappa shape index (κ3) is 3.71. The number of urea groups is 1. The monoisotopic (exact) mass is 426 g/mol. The van der Waals surface area contributed by atoms with Crippen molar-refractivity contribution in [3.8, 4) is 0 Å². The van der Waals surface area contributed by atoms with Crippen LogP contribution in [0, 0.1) is 0 Å². The summed E-state index contributed by atoms with van der Waals surface area (Å²) in [5, 5.41) is 6.31. The molecule has 2 atom stereocenters. The van der Waals surface area contributed by atoms with Crippen LogP contribution < -0.4 is 20.4 Å². The molecule has 2 aromatic rings. The number of halogens is 3. The van der Waals surface area contributed by atoms with E-state index in [0.717, 1.165) is 13.5 Å². The van der Waals surface area contributed by atoms with Crippen molar-refractivity contribution >= 4 is 40.8 Å². The minimum atomic E-state index is -4.56. The summed E-state index contributed by atoms with van der Waals surface area (Å²) in [6.07, 6.45) is -3.85. The minimum absolute atomic E-state index is 0.152. The van der Waals surface area contributed by atoms with Crippen LogP contribution in [0.5, 0.6) is 0 Å². The van der Waals surface area contributed by atoms with Gasteiger partial charge >= 0.3 is 12.2 Å². The number of nitrogens with one attached hydrogen (secondary N) is 2. The second-order valence-electron chi connectivity index (χ2n) is 6.85. The van der Waals surface area contributed by atoms with Gasteiger partial charge in [0.1, 0.15) is 17.6 Å². The first-order valence-corrected chi connectivity index (χ1v) is 9.72. The van der Waals surface area contributed by atoms with Crippen molar-refractivity contribution < 1.29 is 22.8 Å². The molecule has 1 saturated heterocycles. The van der Waals surface area contributed by atoms with Crippen LogP contribution in [0.1, 0.15) is 23.8 Å². The number of carbonyl (C=O) groups excluding carboxylic acids is 2. The summed E-state index contributed by atoms with van der Waals surface area (Å²) in [7, 11) is 0. The third-order valence-corrected chi connectivity index (χ3v) is 5.47. The van der Waals surface area contributed by atoms with Crippen LogP contribution in [-0.2, 0) is 0 Å². The summed E-state index contributed by atoms with van der Waals surface area (Å²) >= 11 is 1.19. The van der Waals surface area contributed by atoms with Crippen LogP contribution in [0.3, 0.4) is 0 Å². The summed E-state index contributed by atoms with van der Waals surface area (Å²) in [5.74, 6) is -0.306. The first-order valence-electron chi connectivity index (χ1n) is 8.88. The molecule has 8 nitrogen and oxygen atoms in total. The van der Waals surface area contributed by atoms with Gasteiger partial charge in [0.05, 0.1) is 11.7 Å². The molecule has 2 aromatic heterocycles. The molecule has 1 fully saturated rings. The highest BCUT2D eigenvalue weighted by molar-refractivity contribution is 7.03. The zero-order valence-corrected chi connectivity index (χ0v) is 16.0. The largest absolute Gasteiger partial charge is 0.408 e. The van der Waals surface area contributed by atoms with Crippen molar-refractivity contribution in [3.63, 3.8) is 0 Å². The lowest BCUT2D eigenvalue weighted by Crippen LogP contribution is -2.49. The number of rotatable bonds is 3. The van der Waals surface area contributed by atoms with Crippen molar-refractivity contribution in [2.45, 2.75) is 31.6 Å². The van der Waals surface area contributed by atoms with Crippen molar-refractivity contribution in [2.75, 3.05) is 28.2 Å². The summed E-state index contributed by atoms with van der Waals surface area (Å²) < 4.78 is 42.3. The molecule has 0 radical (unpaired) electrons. The topological polar surface area (TPSA) is 90.5 Å². The normalized spacial score (nSPS) is 19.0. The van der Waals surface area contributed by atoms with E-state index in [-0.39, 0.29) is 17.6 Å². The highest BCUT2D eigenvalue weighted by Gasteiger charge is 2.41. The smallest absolute Gasteiger partial charge is 0.366 e. The van der Waals surface area contributed by atoms with Crippen LogP contribution in [-0.4, -0.2) is 52.6 Å². The number of fused-ring (bicyclic) bond motifs is 4. The standard InChI is InChI=1S/C17H17F3N6O2S/c1-9(17(18,19)20)21-15(27)11-2-3-12-14(22-11)26(10-4-6-25(12)8-10)16(28)23-13-5-7-29-24-13/h2-3,5,7,9-10H,4,6,8H2,1H3,(H,21,27)(H,23,24,28)/t9?,10-/m0/s1. The van der Waals surface area contributed by atoms with E-state index >= 15 is 0 Å². The van der Waals surface area contributed by atoms with E-state index in [0.29, 0.717) is 24.5 Å². The lowest BCUT2D eigenvalue weighted by Gasteiger charge is -2.35. The summed E-state index contributed by atoms with van der Waals surface area (Å²) in [5.41, 5.74) is 0.474. The maximum Gasteiger partial charge on any atom is 0.408 e. The van der Waals surface area contributed by atoms with E-state index in [1.54, 1.807) is 17.5 Å². The Bertz CT molecular complexity index is 936. The highest BCUT2D eigenvalue weighted by Crippen LogP contribution is 2.39. The van der Waals surface area contributed by atoms with Crippen molar-refractivity contribution in [3.05, 3.63) is 29.3 Å². The van der Waals surface area contributed by atoms with Crippen LogP contribution >= 0.6 is 11.5 Å². The average Bonchev–Trinajstić information content (AvgIpc) is 3.31. The number of alkyl halides is 3. The van der Waals surface area contributed by atoms with Gasteiger partial charge in [-0.05, 0) is 43.1 Å². The number of aromatic nitrogens is 2. The molecule has 2 aliphatic rings. The van der Waals surface area contributed by atoms with Crippen molar-refractivity contribution in [1.82, 2.24) is 14.7 Å². The molecule has 2 N–H and O–H groups in total. The van der Waals surface area contributed by atoms with Gasteiger partial charge in [0, 0.05) is 18.5 Å². The molecule has 0 aromatic carbocycles. The second kappa shape index (κ2) is 7.17. The molecule has 1 unspecified atom stereocenters. The molecular formula is C17H17F3N6O2S. The Balaban J connectivity index is 1.63. The number of carbonyl (C=O) groups is 2. The molecule has 154 valence electrons. The lowest BCUT2D eigenvalue weighted by atomic mass is 10.1. The molecule has 3 amide bonds. The van der Waals surface area contributed by atoms with Crippen molar-refractivity contribution in [1.29, 1.82) is 0 Å². The van der Waals surface area contributed by atoms with E-state index in [9.17, 15) is 22.8 Å². The molecule has 0 saturated carbocycles. The number of pyridine rings is 1. The van der Waals surface area contributed by atoms with E-state index in [1.807, 2.05) is 10.2 Å². The van der Waals surface area contributed by atoms with E-state index in [4.69, 9.17) is 0 Å². The van der Waals surface area contributed by atoms with E-state index in [2.05, 4.69) is 14.7 Å². The Morgan fingerprint density at radius 3 is 2.79 bits per heavy atom. The Hall–Kier alpha value is -2.89. The number of anilines is 3. The Morgan fingerprint density at radius 1 is 1.31 bits per heavy atom. The maximum atomic E-state index is 12.9. The first kappa shape index (κ1) is 19.4. The molecule has 4 rings (SSSR count). The van der Waals surface area contributed by atoms with Gasteiger partial charge in [-0.15, -0.1) is 0 Å². The zero-order chi connectivity index (χ0) is 20.8. The third-order valence-electron chi connectivity index (χ3n) is 4.91. The molecular weight excluding hydrogens is 409 g/mol.